The molecule has 1 fully saturated rings. The van der Waals surface area contributed by atoms with Crippen molar-refractivity contribution >= 4 is 12.4 Å². The second-order valence-corrected chi connectivity index (χ2v) is 9.17. The maximum absolute atomic E-state index is 11.5. The van der Waals surface area contributed by atoms with Gasteiger partial charge in [-0.25, -0.2) is 0 Å². The van der Waals surface area contributed by atoms with E-state index in [9.17, 15) is 19.8 Å². The average Bonchev–Trinajstić information content (AvgIpc) is 3.00. The molecule has 6 atom stereocenters. The lowest BCUT2D eigenvalue weighted by Gasteiger charge is -2.25. The van der Waals surface area contributed by atoms with Crippen molar-refractivity contribution in [2.75, 3.05) is 7.11 Å². The second-order valence-electron chi connectivity index (χ2n) is 9.17. The van der Waals surface area contributed by atoms with E-state index >= 15 is 0 Å². The number of unbranched alkanes of at least 4 members (excludes halogenated alkanes) is 4. The molecule has 1 aliphatic carbocycles. The zero-order valence-electron chi connectivity index (χ0n) is 19.3. The Balaban J connectivity index is 2.62. The predicted octanol–water partition coefficient (Wildman–Crippen LogP) is 3.75. The van der Waals surface area contributed by atoms with Crippen molar-refractivity contribution in [3.05, 3.63) is 12.2 Å². The third-order valence-electron chi connectivity index (χ3n) is 6.47. The van der Waals surface area contributed by atoms with Gasteiger partial charge in [-0.1, -0.05) is 64.5 Å². The number of rotatable bonds is 15. The Morgan fingerprint density at radius 2 is 2.00 bits per heavy atom. The van der Waals surface area contributed by atoms with E-state index in [0.717, 1.165) is 51.4 Å². The Morgan fingerprint density at radius 3 is 2.63 bits per heavy atom. The number of methoxy groups -OCH3 is 1. The molecule has 0 spiro atoms. The molecular weight excluding hydrogens is 382 g/mol. The molecule has 6 heteroatoms. The lowest BCUT2D eigenvalue weighted by Crippen LogP contribution is -2.33. The number of amides is 1. The van der Waals surface area contributed by atoms with Crippen LogP contribution in [0, 0.1) is 17.8 Å². The fraction of sp³-hybridized carbons (Fsp3) is 0.833. The summed E-state index contributed by atoms with van der Waals surface area (Å²) in [6.07, 6.45) is 13.1. The summed E-state index contributed by atoms with van der Waals surface area (Å²) in [5, 5.41) is 24.1. The lowest BCUT2D eigenvalue weighted by atomic mass is 9.85. The van der Waals surface area contributed by atoms with Crippen molar-refractivity contribution in [1.29, 1.82) is 0 Å². The van der Waals surface area contributed by atoms with E-state index < -0.39 is 11.7 Å². The van der Waals surface area contributed by atoms with Gasteiger partial charge in [-0.2, -0.15) is 0 Å². The van der Waals surface area contributed by atoms with Crippen molar-refractivity contribution in [1.82, 2.24) is 5.32 Å². The Bertz CT molecular complexity index is 534. The number of carbonyl (C=O) groups is 2. The number of hydrogen-bond acceptors (Lipinski definition) is 5. The van der Waals surface area contributed by atoms with Gasteiger partial charge in [0.2, 0.25) is 6.41 Å². The molecule has 1 amide bonds. The van der Waals surface area contributed by atoms with Gasteiger partial charge in [-0.3, -0.25) is 9.59 Å². The monoisotopic (exact) mass is 425 g/mol. The summed E-state index contributed by atoms with van der Waals surface area (Å²) in [4.78, 5) is 22.5. The maximum atomic E-state index is 11.5. The molecule has 1 saturated carbocycles. The fourth-order valence-electron chi connectivity index (χ4n) is 4.54. The highest BCUT2D eigenvalue weighted by Gasteiger charge is 2.40. The Kier molecular flexibility index (Phi) is 12.3. The average molecular weight is 426 g/mol. The first-order valence-electron chi connectivity index (χ1n) is 11.6. The van der Waals surface area contributed by atoms with E-state index in [4.69, 9.17) is 4.74 Å². The normalized spacial score (nSPS) is 27.0. The molecule has 0 aromatic carbocycles. The number of aliphatic hydroxyl groups excluding tert-OH is 1. The molecule has 30 heavy (non-hydrogen) atoms. The summed E-state index contributed by atoms with van der Waals surface area (Å²) >= 11 is 0. The Labute approximate surface area is 182 Å². The molecule has 2 unspecified atom stereocenters. The van der Waals surface area contributed by atoms with Crippen LogP contribution in [0.2, 0.25) is 0 Å². The summed E-state index contributed by atoms with van der Waals surface area (Å²) in [7, 11) is 1.42. The summed E-state index contributed by atoms with van der Waals surface area (Å²) in [5.41, 5.74) is -0.872. The van der Waals surface area contributed by atoms with Gasteiger partial charge >= 0.3 is 5.97 Å². The first-order chi connectivity index (χ1) is 14.3. The first-order valence-corrected chi connectivity index (χ1v) is 11.6. The number of esters is 1. The number of hydrogen-bond donors (Lipinski definition) is 3. The van der Waals surface area contributed by atoms with Gasteiger partial charge in [-0.15, -0.1) is 0 Å². The molecule has 0 radical (unpaired) electrons. The molecule has 1 rings (SSSR count). The molecule has 0 saturated heterocycles. The fourth-order valence-corrected chi connectivity index (χ4v) is 4.54. The molecule has 174 valence electrons. The molecule has 1 aliphatic rings. The van der Waals surface area contributed by atoms with E-state index in [1.54, 1.807) is 0 Å². The smallest absolute Gasteiger partial charge is 0.308 e. The lowest BCUT2D eigenvalue weighted by molar-refractivity contribution is -0.145. The molecule has 6 nitrogen and oxygen atoms in total. The minimum absolute atomic E-state index is 0.0110. The van der Waals surface area contributed by atoms with Gasteiger partial charge in [0.05, 0.1) is 24.7 Å². The van der Waals surface area contributed by atoms with Crippen molar-refractivity contribution in [2.24, 2.45) is 17.8 Å². The van der Waals surface area contributed by atoms with Crippen LogP contribution in [0.4, 0.5) is 0 Å². The van der Waals surface area contributed by atoms with E-state index in [1.807, 2.05) is 26.0 Å². The molecule has 0 aromatic rings. The molecule has 0 heterocycles. The second kappa shape index (κ2) is 13.8. The molecular formula is C24H43NO5. The zero-order valence-corrected chi connectivity index (χ0v) is 19.3. The number of ether oxygens (including phenoxy) is 1. The predicted molar refractivity (Wildman–Crippen MR) is 119 cm³/mol. The van der Waals surface area contributed by atoms with E-state index in [1.165, 1.54) is 7.11 Å². The minimum atomic E-state index is -0.872. The highest BCUT2D eigenvalue weighted by Crippen LogP contribution is 2.37. The maximum Gasteiger partial charge on any atom is 0.308 e. The third-order valence-corrected chi connectivity index (χ3v) is 6.47. The van der Waals surface area contributed by atoms with Crippen LogP contribution in [0.25, 0.3) is 0 Å². The largest absolute Gasteiger partial charge is 0.469 e. The SMILES string of the molecule is CCCCCC(C)(O)C=C[C@@H]1[C@@H](CCCCCC(C)C(=O)OC)[C@@H](O)C[C@H]1NC=O. The summed E-state index contributed by atoms with van der Waals surface area (Å²) in [5.74, 6) is -0.181. The van der Waals surface area contributed by atoms with Crippen LogP contribution in [0.5, 0.6) is 0 Å². The molecule has 0 aromatic heterocycles. The van der Waals surface area contributed by atoms with Gasteiger partial charge in [0.1, 0.15) is 0 Å². The van der Waals surface area contributed by atoms with Crippen LogP contribution in [0.3, 0.4) is 0 Å². The highest BCUT2D eigenvalue weighted by molar-refractivity contribution is 5.71. The minimum Gasteiger partial charge on any atom is -0.469 e. The van der Waals surface area contributed by atoms with Crippen molar-refractivity contribution in [2.45, 2.75) is 103 Å². The van der Waals surface area contributed by atoms with Crippen LogP contribution >= 0.6 is 0 Å². The van der Waals surface area contributed by atoms with Crippen molar-refractivity contribution in [3.63, 3.8) is 0 Å². The molecule has 0 aliphatic heterocycles. The van der Waals surface area contributed by atoms with Gasteiger partial charge in [-0.05, 0) is 38.5 Å². The highest BCUT2D eigenvalue weighted by atomic mass is 16.5. The third kappa shape index (κ3) is 9.17. The van der Waals surface area contributed by atoms with Crippen LogP contribution < -0.4 is 5.32 Å². The molecule has 3 N–H and O–H groups in total. The number of carbonyl (C=O) groups excluding carboxylic acids is 2. The van der Waals surface area contributed by atoms with E-state index in [2.05, 4.69) is 12.2 Å². The van der Waals surface area contributed by atoms with Gasteiger partial charge in [0.25, 0.3) is 0 Å². The van der Waals surface area contributed by atoms with Crippen LogP contribution in [0.15, 0.2) is 12.2 Å². The zero-order chi connectivity index (χ0) is 22.6. The number of nitrogens with one attached hydrogen (secondary N) is 1. The summed E-state index contributed by atoms with van der Waals surface area (Å²) < 4.78 is 4.76. The quantitative estimate of drug-likeness (QED) is 0.161. The van der Waals surface area contributed by atoms with Crippen LogP contribution in [-0.4, -0.2) is 47.4 Å². The summed E-state index contributed by atoms with van der Waals surface area (Å²) in [6, 6.07) is -0.107. The standard InChI is InChI=1S/C24H43NO5/c1-5-6-10-14-24(3,29)15-13-19-20(22(27)16-21(19)25-17-26)12-9-7-8-11-18(2)23(28)30-4/h13,15,17-22,27,29H,5-12,14,16H2,1-4H3,(H,25,26)/t18?,19-,20-,21-,22+,24?/m1/s1. The topological polar surface area (TPSA) is 95.9 Å². The van der Waals surface area contributed by atoms with Crippen LogP contribution in [-0.2, 0) is 14.3 Å². The molecule has 0 bridgehead atoms. The number of aliphatic hydroxyl groups is 2. The van der Waals surface area contributed by atoms with E-state index in [-0.39, 0.29) is 29.8 Å². The van der Waals surface area contributed by atoms with Gasteiger partial charge < -0.3 is 20.3 Å². The van der Waals surface area contributed by atoms with Gasteiger partial charge in [0, 0.05) is 12.0 Å². The summed E-state index contributed by atoms with van der Waals surface area (Å²) in [6.45, 7) is 5.85. The van der Waals surface area contributed by atoms with E-state index in [0.29, 0.717) is 19.3 Å². The van der Waals surface area contributed by atoms with Crippen molar-refractivity contribution < 1.29 is 24.5 Å². The Morgan fingerprint density at radius 1 is 1.27 bits per heavy atom. The van der Waals surface area contributed by atoms with Gasteiger partial charge in [0.15, 0.2) is 0 Å². The van der Waals surface area contributed by atoms with Crippen LogP contribution in [0.1, 0.15) is 85.0 Å². The Hall–Kier alpha value is -1.40. The van der Waals surface area contributed by atoms with Crippen molar-refractivity contribution in [3.8, 4) is 0 Å². The first kappa shape index (κ1) is 26.6.